The number of benzene rings is 1. The summed E-state index contributed by atoms with van der Waals surface area (Å²) in [6.45, 7) is 10.9. The van der Waals surface area contributed by atoms with Crippen molar-refractivity contribution >= 4 is 10.9 Å². The van der Waals surface area contributed by atoms with Crippen LogP contribution in [0.25, 0.3) is 10.9 Å². The minimum Gasteiger partial charge on any atom is -0.343 e. The minimum atomic E-state index is 0.159. The molecule has 2 aromatic rings. The molecule has 1 heterocycles. The van der Waals surface area contributed by atoms with Gasteiger partial charge in [-0.25, -0.2) is 0 Å². The van der Waals surface area contributed by atoms with Crippen LogP contribution in [-0.2, 0) is 13.1 Å². The molecule has 2 nitrogen and oxygen atoms in total. The first kappa shape index (κ1) is 14.1. The normalized spacial score (nSPS) is 12.2. The summed E-state index contributed by atoms with van der Waals surface area (Å²) in [6.07, 6.45) is 2.47. The van der Waals surface area contributed by atoms with Crippen molar-refractivity contribution < 1.29 is 0 Å². The second-order valence-electron chi connectivity index (χ2n) is 6.30. The van der Waals surface area contributed by atoms with Crippen molar-refractivity contribution in [2.24, 2.45) is 0 Å². The van der Waals surface area contributed by atoms with E-state index in [1.807, 2.05) is 0 Å². The van der Waals surface area contributed by atoms with E-state index in [0.717, 1.165) is 13.1 Å². The number of aryl methyl sites for hydroxylation is 1. The molecule has 0 fully saturated rings. The molecule has 0 spiro atoms. The Balaban J connectivity index is 2.30. The van der Waals surface area contributed by atoms with Crippen molar-refractivity contribution in [1.82, 2.24) is 9.88 Å². The van der Waals surface area contributed by atoms with Crippen molar-refractivity contribution in [3.63, 3.8) is 0 Å². The molecule has 2 rings (SSSR count). The lowest BCUT2D eigenvalue weighted by Crippen LogP contribution is -2.35. The maximum Gasteiger partial charge on any atom is 0.0482 e. The number of unbranched alkanes of at least 4 members (excludes halogenated alkanes) is 1. The van der Waals surface area contributed by atoms with Crippen molar-refractivity contribution in [2.75, 3.05) is 0 Å². The van der Waals surface area contributed by atoms with Crippen molar-refractivity contribution in [3.05, 3.63) is 36.0 Å². The van der Waals surface area contributed by atoms with E-state index in [9.17, 15) is 0 Å². The summed E-state index contributed by atoms with van der Waals surface area (Å²) in [5, 5.41) is 4.95. The quantitative estimate of drug-likeness (QED) is 0.844. The fourth-order valence-electron chi connectivity index (χ4n) is 2.35. The van der Waals surface area contributed by atoms with Crippen LogP contribution in [0, 0.1) is 0 Å². The molecular formula is C17H26N2. The predicted molar refractivity (Wildman–Crippen MR) is 83.4 cm³/mol. The number of hydrogen-bond acceptors (Lipinski definition) is 1. The lowest BCUT2D eigenvalue weighted by molar-refractivity contribution is 0.415. The Bertz CT molecular complexity index is 532. The summed E-state index contributed by atoms with van der Waals surface area (Å²) in [6, 6.07) is 11.0. The van der Waals surface area contributed by atoms with Crippen LogP contribution in [-0.4, -0.2) is 10.1 Å². The third kappa shape index (κ3) is 3.60. The average Bonchev–Trinajstić information content (AvgIpc) is 2.71. The summed E-state index contributed by atoms with van der Waals surface area (Å²) in [4.78, 5) is 0. The molecule has 0 aliphatic heterocycles. The van der Waals surface area contributed by atoms with E-state index in [-0.39, 0.29) is 5.54 Å². The Morgan fingerprint density at radius 1 is 1.16 bits per heavy atom. The molecule has 0 bridgehead atoms. The number of nitrogens with one attached hydrogen (secondary N) is 1. The van der Waals surface area contributed by atoms with Gasteiger partial charge < -0.3 is 9.88 Å². The maximum absolute atomic E-state index is 3.60. The van der Waals surface area contributed by atoms with Crippen LogP contribution in [0.3, 0.4) is 0 Å². The Labute approximate surface area is 116 Å². The smallest absolute Gasteiger partial charge is 0.0482 e. The highest BCUT2D eigenvalue weighted by atomic mass is 15.0. The largest absolute Gasteiger partial charge is 0.343 e. The molecule has 1 aromatic carbocycles. The maximum atomic E-state index is 3.60. The predicted octanol–water partition coefficient (Wildman–Crippen LogP) is 4.33. The van der Waals surface area contributed by atoms with E-state index in [1.165, 1.54) is 29.4 Å². The number of nitrogens with zero attached hydrogens (tertiary/aromatic N) is 1. The van der Waals surface area contributed by atoms with E-state index in [0.29, 0.717) is 0 Å². The number of fused-ring (bicyclic) bond motifs is 1. The van der Waals surface area contributed by atoms with Gasteiger partial charge in [0.25, 0.3) is 0 Å². The molecule has 0 saturated carbocycles. The fourth-order valence-corrected chi connectivity index (χ4v) is 2.35. The zero-order valence-corrected chi connectivity index (χ0v) is 12.7. The third-order valence-corrected chi connectivity index (χ3v) is 3.43. The summed E-state index contributed by atoms with van der Waals surface area (Å²) >= 11 is 0. The van der Waals surface area contributed by atoms with Crippen LogP contribution in [0.2, 0.25) is 0 Å². The summed E-state index contributed by atoms with van der Waals surface area (Å²) in [5.41, 5.74) is 2.91. The number of para-hydroxylation sites is 1. The number of hydrogen-bond donors (Lipinski definition) is 1. The van der Waals surface area contributed by atoms with Crippen LogP contribution in [0.5, 0.6) is 0 Å². The van der Waals surface area contributed by atoms with Crippen LogP contribution in [0.15, 0.2) is 30.3 Å². The molecule has 104 valence electrons. The van der Waals surface area contributed by atoms with E-state index < -0.39 is 0 Å². The monoisotopic (exact) mass is 258 g/mol. The molecular weight excluding hydrogens is 232 g/mol. The topological polar surface area (TPSA) is 17.0 Å². The Kier molecular flexibility index (Phi) is 4.31. The zero-order valence-electron chi connectivity index (χ0n) is 12.7. The summed E-state index contributed by atoms with van der Waals surface area (Å²) in [7, 11) is 0. The Hall–Kier alpha value is -1.28. The van der Waals surface area contributed by atoms with Gasteiger partial charge in [-0.05, 0) is 44.7 Å². The highest BCUT2D eigenvalue weighted by molar-refractivity contribution is 5.81. The van der Waals surface area contributed by atoms with Gasteiger partial charge in [-0.2, -0.15) is 0 Å². The van der Waals surface area contributed by atoms with E-state index in [2.05, 4.69) is 67.9 Å². The Morgan fingerprint density at radius 2 is 1.89 bits per heavy atom. The van der Waals surface area contributed by atoms with Gasteiger partial charge in [0.1, 0.15) is 0 Å². The molecule has 0 aliphatic carbocycles. The van der Waals surface area contributed by atoms with Gasteiger partial charge in [0, 0.05) is 29.8 Å². The van der Waals surface area contributed by atoms with Gasteiger partial charge in [0.05, 0.1) is 0 Å². The van der Waals surface area contributed by atoms with Gasteiger partial charge >= 0.3 is 0 Å². The standard InChI is InChI=1S/C17H26N2/c1-5-6-11-19-15(13-18-17(2,3)4)12-14-9-7-8-10-16(14)19/h7-10,12,18H,5-6,11,13H2,1-4H3. The highest BCUT2D eigenvalue weighted by Crippen LogP contribution is 2.21. The van der Waals surface area contributed by atoms with Gasteiger partial charge in [-0.15, -0.1) is 0 Å². The fraction of sp³-hybridized carbons (Fsp3) is 0.529. The van der Waals surface area contributed by atoms with Crippen molar-refractivity contribution in [3.8, 4) is 0 Å². The number of aromatic nitrogens is 1. The van der Waals surface area contributed by atoms with Gasteiger partial charge in [0.2, 0.25) is 0 Å². The molecule has 1 aromatic heterocycles. The number of rotatable bonds is 5. The summed E-state index contributed by atoms with van der Waals surface area (Å²) in [5.74, 6) is 0. The molecule has 19 heavy (non-hydrogen) atoms. The van der Waals surface area contributed by atoms with Crippen LogP contribution in [0.4, 0.5) is 0 Å². The van der Waals surface area contributed by atoms with Crippen LogP contribution < -0.4 is 5.32 Å². The highest BCUT2D eigenvalue weighted by Gasteiger charge is 2.12. The lowest BCUT2D eigenvalue weighted by atomic mass is 10.1. The molecule has 0 aliphatic rings. The van der Waals surface area contributed by atoms with E-state index >= 15 is 0 Å². The van der Waals surface area contributed by atoms with E-state index in [1.54, 1.807) is 0 Å². The van der Waals surface area contributed by atoms with Gasteiger partial charge in [0.15, 0.2) is 0 Å². The molecule has 1 N–H and O–H groups in total. The van der Waals surface area contributed by atoms with Gasteiger partial charge in [-0.1, -0.05) is 31.5 Å². The molecule has 0 amide bonds. The molecule has 0 saturated heterocycles. The SMILES string of the molecule is CCCCn1c(CNC(C)(C)C)cc2ccccc21. The average molecular weight is 258 g/mol. The van der Waals surface area contributed by atoms with Crippen LogP contribution in [0.1, 0.15) is 46.2 Å². The lowest BCUT2D eigenvalue weighted by Gasteiger charge is -2.21. The van der Waals surface area contributed by atoms with Gasteiger partial charge in [-0.3, -0.25) is 0 Å². The second kappa shape index (κ2) is 5.79. The molecule has 2 heteroatoms. The van der Waals surface area contributed by atoms with Crippen molar-refractivity contribution in [1.29, 1.82) is 0 Å². The first-order valence-corrected chi connectivity index (χ1v) is 7.33. The van der Waals surface area contributed by atoms with Crippen LogP contribution >= 0.6 is 0 Å². The minimum absolute atomic E-state index is 0.159. The molecule has 0 radical (unpaired) electrons. The molecule has 0 unspecified atom stereocenters. The van der Waals surface area contributed by atoms with Crippen molar-refractivity contribution in [2.45, 2.75) is 59.2 Å². The third-order valence-electron chi connectivity index (χ3n) is 3.43. The zero-order chi connectivity index (χ0) is 13.9. The second-order valence-corrected chi connectivity index (χ2v) is 6.30. The Morgan fingerprint density at radius 3 is 2.58 bits per heavy atom. The first-order valence-electron chi connectivity index (χ1n) is 7.33. The summed E-state index contributed by atoms with van der Waals surface area (Å²) < 4.78 is 2.47. The van der Waals surface area contributed by atoms with E-state index in [4.69, 9.17) is 0 Å². The first-order chi connectivity index (χ1) is 9.01. The molecule has 0 atom stereocenters.